The quantitative estimate of drug-likeness (QED) is 0.489. The molecule has 1 aliphatic rings. The number of likely N-dealkylation sites (N-methyl/N-ethyl adjacent to an activating group) is 1. The van der Waals surface area contributed by atoms with Crippen molar-refractivity contribution in [1.29, 1.82) is 0 Å². The third kappa shape index (κ3) is 3.25. The third-order valence-electron chi connectivity index (χ3n) is 6.00. The zero-order chi connectivity index (χ0) is 20.8. The standard InChI is InChI=1S/C23H25N5O2/c1-4-26-7-8-27(13-16(26)3)18-6-5-17-9-19(23(29)30-21(17)10-18)20-14-28-12-15(2)24-11-22(28)25-20/h5-6,9-12,14,16H,4,7-8,13H2,1-3H3/t16-/m0/s1. The molecule has 0 bridgehead atoms. The van der Waals surface area contributed by atoms with Crippen LogP contribution in [0.2, 0.25) is 0 Å². The molecule has 0 amide bonds. The predicted molar refractivity (Wildman–Crippen MR) is 118 cm³/mol. The van der Waals surface area contributed by atoms with Crippen LogP contribution in [0.15, 0.2) is 52.1 Å². The fraction of sp³-hybridized carbons (Fsp3) is 0.348. The van der Waals surface area contributed by atoms with Crippen molar-refractivity contribution in [3.8, 4) is 11.3 Å². The minimum Gasteiger partial charge on any atom is -0.422 e. The fourth-order valence-corrected chi connectivity index (χ4v) is 4.31. The molecule has 0 saturated carbocycles. The van der Waals surface area contributed by atoms with Crippen molar-refractivity contribution < 1.29 is 4.42 Å². The highest BCUT2D eigenvalue weighted by Gasteiger charge is 2.23. The number of anilines is 1. The number of rotatable bonds is 3. The van der Waals surface area contributed by atoms with Crippen molar-refractivity contribution >= 4 is 22.3 Å². The highest BCUT2D eigenvalue weighted by atomic mass is 16.4. The number of hydrogen-bond acceptors (Lipinski definition) is 6. The van der Waals surface area contributed by atoms with Crippen molar-refractivity contribution in [1.82, 2.24) is 19.3 Å². The number of hydrogen-bond donors (Lipinski definition) is 0. The summed E-state index contributed by atoms with van der Waals surface area (Å²) in [6, 6.07) is 8.48. The molecule has 0 aliphatic carbocycles. The summed E-state index contributed by atoms with van der Waals surface area (Å²) in [6.45, 7) is 10.4. The largest absolute Gasteiger partial charge is 0.422 e. The lowest BCUT2D eigenvalue weighted by molar-refractivity contribution is 0.199. The summed E-state index contributed by atoms with van der Waals surface area (Å²) >= 11 is 0. The lowest BCUT2D eigenvalue weighted by atomic mass is 10.1. The highest BCUT2D eigenvalue weighted by Crippen LogP contribution is 2.26. The second-order valence-electron chi connectivity index (χ2n) is 8.01. The maximum absolute atomic E-state index is 12.7. The van der Waals surface area contributed by atoms with Gasteiger partial charge in [0.15, 0.2) is 5.65 Å². The van der Waals surface area contributed by atoms with Crippen LogP contribution < -0.4 is 10.5 Å². The van der Waals surface area contributed by atoms with E-state index in [0.717, 1.165) is 42.9 Å². The van der Waals surface area contributed by atoms with Gasteiger partial charge in [-0.05, 0) is 38.6 Å². The van der Waals surface area contributed by atoms with Gasteiger partial charge in [-0.1, -0.05) is 6.92 Å². The van der Waals surface area contributed by atoms with Crippen LogP contribution in [0, 0.1) is 6.92 Å². The molecule has 7 nitrogen and oxygen atoms in total. The van der Waals surface area contributed by atoms with E-state index in [1.165, 1.54) is 0 Å². The van der Waals surface area contributed by atoms with Crippen LogP contribution in [-0.4, -0.2) is 51.5 Å². The Morgan fingerprint density at radius 2 is 2.07 bits per heavy atom. The van der Waals surface area contributed by atoms with Gasteiger partial charge in [0, 0.05) is 55.2 Å². The van der Waals surface area contributed by atoms with Gasteiger partial charge in [-0.3, -0.25) is 9.88 Å². The number of aromatic nitrogens is 3. The number of benzene rings is 1. The summed E-state index contributed by atoms with van der Waals surface area (Å²) in [7, 11) is 0. The van der Waals surface area contributed by atoms with Gasteiger partial charge in [-0.25, -0.2) is 9.78 Å². The molecule has 5 rings (SSSR count). The predicted octanol–water partition coefficient (Wildman–Crippen LogP) is 3.34. The Hall–Kier alpha value is -3.19. The molecule has 0 unspecified atom stereocenters. The highest BCUT2D eigenvalue weighted by molar-refractivity contribution is 5.84. The molecular formula is C23H25N5O2. The monoisotopic (exact) mass is 403 g/mol. The number of nitrogens with zero attached hydrogens (tertiary/aromatic N) is 5. The average molecular weight is 403 g/mol. The van der Waals surface area contributed by atoms with Crippen molar-refractivity contribution in [2.75, 3.05) is 31.1 Å². The van der Waals surface area contributed by atoms with E-state index < -0.39 is 0 Å². The molecule has 0 spiro atoms. The minimum absolute atomic E-state index is 0.378. The van der Waals surface area contributed by atoms with Crippen molar-refractivity contribution in [3.63, 3.8) is 0 Å². The summed E-state index contributed by atoms with van der Waals surface area (Å²) in [6.07, 6.45) is 5.43. The van der Waals surface area contributed by atoms with Crippen LogP contribution in [0.4, 0.5) is 5.69 Å². The van der Waals surface area contributed by atoms with E-state index in [9.17, 15) is 4.79 Å². The maximum atomic E-state index is 12.7. The lowest BCUT2D eigenvalue weighted by Gasteiger charge is -2.40. The topological polar surface area (TPSA) is 66.9 Å². The second-order valence-corrected chi connectivity index (χ2v) is 8.01. The summed E-state index contributed by atoms with van der Waals surface area (Å²) in [5, 5.41) is 0.889. The van der Waals surface area contributed by atoms with Gasteiger partial charge in [0.1, 0.15) is 5.58 Å². The first kappa shape index (κ1) is 18.8. The van der Waals surface area contributed by atoms with E-state index in [1.807, 2.05) is 41.9 Å². The Bertz CT molecular complexity index is 1290. The Morgan fingerprint density at radius 3 is 2.87 bits per heavy atom. The normalized spacial score (nSPS) is 17.8. The van der Waals surface area contributed by atoms with E-state index in [0.29, 0.717) is 28.5 Å². The molecule has 1 fully saturated rings. The Morgan fingerprint density at radius 1 is 1.20 bits per heavy atom. The van der Waals surface area contributed by atoms with E-state index >= 15 is 0 Å². The van der Waals surface area contributed by atoms with Gasteiger partial charge in [-0.15, -0.1) is 0 Å². The van der Waals surface area contributed by atoms with Crippen LogP contribution in [0.3, 0.4) is 0 Å². The molecule has 154 valence electrons. The van der Waals surface area contributed by atoms with Crippen molar-refractivity contribution in [2.24, 2.45) is 0 Å². The van der Waals surface area contributed by atoms with Crippen LogP contribution >= 0.6 is 0 Å². The van der Waals surface area contributed by atoms with Gasteiger partial charge in [0.25, 0.3) is 0 Å². The zero-order valence-electron chi connectivity index (χ0n) is 17.5. The summed E-state index contributed by atoms with van der Waals surface area (Å²) in [5.74, 6) is 0. The first-order valence-corrected chi connectivity index (χ1v) is 10.4. The SMILES string of the molecule is CCN1CCN(c2ccc3cc(-c4cn5cc(C)ncc5n4)c(=O)oc3c2)C[C@@H]1C. The molecule has 3 aromatic heterocycles. The Balaban J connectivity index is 1.50. The zero-order valence-corrected chi connectivity index (χ0v) is 17.5. The van der Waals surface area contributed by atoms with E-state index in [2.05, 4.69) is 39.7 Å². The Kier molecular flexibility index (Phi) is 4.55. The van der Waals surface area contributed by atoms with Crippen molar-refractivity contribution in [2.45, 2.75) is 26.8 Å². The van der Waals surface area contributed by atoms with Gasteiger partial charge >= 0.3 is 5.63 Å². The van der Waals surface area contributed by atoms with Gasteiger partial charge in [-0.2, -0.15) is 0 Å². The maximum Gasteiger partial charge on any atom is 0.345 e. The van der Waals surface area contributed by atoms with Gasteiger partial charge in [0.05, 0.1) is 23.1 Å². The third-order valence-corrected chi connectivity index (χ3v) is 6.00. The summed E-state index contributed by atoms with van der Waals surface area (Å²) < 4.78 is 7.59. The number of fused-ring (bicyclic) bond motifs is 2. The molecular weight excluding hydrogens is 378 g/mol. The minimum atomic E-state index is -0.378. The first-order valence-electron chi connectivity index (χ1n) is 10.4. The number of piperazine rings is 1. The van der Waals surface area contributed by atoms with Crippen LogP contribution in [0.5, 0.6) is 0 Å². The van der Waals surface area contributed by atoms with Crippen LogP contribution in [-0.2, 0) is 0 Å². The molecule has 1 saturated heterocycles. The summed E-state index contributed by atoms with van der Waals surface area (Å²) in [5.41, 5.74) is 3.96. The molecule has 4 heterocycles. The van der Waals surface area contributed by atoms with Gasteiger partial charge in [0.2, 0.25) is 0 Å². The molecule has 0 radical (unpaired) electrons. The average Bonchev–Trinajstić information content (AvgIpc) is 3.15. The van der Waals surface area contributed by atoms with E-state index in [1.54, 1.807) is 6.20 Å². The summed E-state index contributed by atoms with van der Waals surface area (Å²) in [4.78, 5) is 26.4. The smallest absolute Gasteiger partial charge is 0.345 e. The van der Waals surface area contributed by atoms with E-state index in [-0.39, 0.29) is 5.63 Å². The lowest BCUT2D eigenvalue weighted by Crippen LogP contribution is -2.51. The number of aryl methyl sites for hydroxylation is 1. The molecule has 1 aromatic carbocycles. The van der Waals surface area contributed by atoms with Gasteiger partial charge < -0.3 is 13.7 Å². The molecule has 7 heteroatoms. The molecule has 4 aromatic rings. The van der Waals surface area contributed by atoms with E-state index in [4.69, 9.17) is 4.42 Å². The van der Waals surface area contributed by atoms with Crippen LogP contribution in [0.25, 0.3) is 27.9 Å². The Labute approximate surface area is 174 Å². The number of imidazole rings is 1. The van der Waals surface area contributed by atoms with Crippen molar-refractivity contribution in [3.05, 3.63) is 59.0 Å². The first-order chi connectivity index (χ1) is 14.5. The molecule has 1 atom stereocenters. The molecule has 30 heavy (non-hydrogen) atoms. The molecule has 0 N–H and O–H groups in total. The molecule has 1 aliphatic heterocycles. The fourth-order valence-electron chi connectivity index (χ4n) is 4.31. The van der Waals surface area contributed by atoms with Crippen LogP contribution in [0.1, 0.15) is 19.5 Å². The second kappa shape index (κ2) is 7.25.